The summed E-state index contributed by atoms with van der Waals surface area (Å²) < 4.78 is 32.6. The number of halogens is 3. The Kier molecular flexibility index (Phi) is 6.00. The highest BCUT2D eigenvalue weighted by Crippen LogP contribution is 2.46. The number of hydrogen-bond donors (Lipinski definition) is 1. The summed E-state index contributed by atoms with van der Waals surface area (Å²) in [4.78, 5) is 11.7. The predicted molar refractivity (Wildman–Crippen MR) is 87.8 cm³/mol. The van der Waals surface area contributed by atoms with Crippen LogP contribution in [0.15, 0.2) is 18.2 Å². The molecule has 0 spiro atoms. The van der Waals surface area contributed by atoms with Gasteiger partial charge in [0.1, 0.15) is 5.75 Å². The van der Waals surface area contributed by atoms with Gasteiger partial charge in [-0.1, -0.05) is 40.8 Å². The molecule has 0 unspecified atom stereocenters. The molecule has 1 aliphatic rings. The van der Waals surface area contributed by atoms with Gasteiger partial charge in [-0.3, -0.25) is 4.79 Å². The molecule has 0 aromatic heterocycles. The van der Waals surface area contributed by atoms with Crippen molar-refractivity contribution < 1.29 is 23.4 Å². The van der Waals surface area contributed by atoms with E-state index in [9.17, 15) is 18.7 Å². The summed E-state index contributed by atoms with van der Waals surface area (Å²) in [7, 11) is 0. The number of para-hydroxylation sites is 1. The largest absolute Gasteiger partial charge is 0.507 e. The molecule has 122 valence electrons. The lowest BCUT2D eigenvalue weighted by molar-refractivity contribution is -0.142. The number of aromatic hydroxyl groups is 1. The Morgan fingerprint density at radius 1 is 1.45 bits per heavy atom. The maximum absolute atomic E-state index is 13.3. The molecule has 1 N–H and O–H groups in total. The van der Waals surface area contributed by atoms with E-state index in [2.05, 4.69) is 22.6 Å². The summed E-state index contributed by atoms with van der Waals surface area (Å²) in [6.07, 6.45) is 0.702. The number of alkyl halides is 3. The average molecular weight is 424 g/mol. The summed E-state index contributed by atoms with van der Waals surface area (Å²) in [5, 5.41) is 10.3. The minimum atomic E-state index is -2.66. The van der Waals surface area contributed by atoms with E-state index >= 15 is 0 Å². The molecule has 2 rings (SSSR count). The van der Waals surface area contributed by atoms with Gasteiger partial charge in [-0.2, -0.15) is 0 Å². The van der Waals surface area contributed by atoms with E-state index in [4.69, 9.17) is 4.74 Å². The Morgan fingerprint density at radius 2 is 2.23 bits per heavy atom. The lowest BCUT2D eigenvalue weighted by atomic mass is 9.93. The molecule has 0 bridgehead atoms. The van der Waals surface area contributed by atoms with E-state index in [0.29, 0.717) is 24.2 Å². The highest BCUT2D eigenvalue weighted by molar-refractivity contribution is 14.1. The zero-order chi connectivity index (χ0) is 16.2. The van der Waals surface area contributed by atoms with Gasteiger partial charge in [-0.15, -0.1) is 0 Å². The highest BCUT2D eigenvalue weighted by atomic mass is 127. The van der Waals surface area contributed by atoms with Gasteiger partial charge in [0.05, 0.1) is 13.0 Å². The predicted octanol–water partition coefficient (Wildman–Crippen LogP) is 4.21. The molecule has 0 heterocycles. The highest BCUT2D eigenvalue weighted by Gasteiger charge is 2.40. The Hall–Kier alpha value is -0.920. The third-order valence-electron chi connectivity index (χ3n) is 3.87. The van der Waals surface area contributed by atoms with Crippen LogP contribution in [0.25, 0.3) is 0 Å². The van der Waals surface area contributed by atoms with Crippen molar-refractivity contribution in [3.8, 4) is 5.75 Å². The summed E-state index contributed by atoms with van der Waals surface area (Å²) in [5.41, 5.74) is 0.946. The molecule has 22 heavy (non-hydrogen) atoms. The van der Waals surface area contributed by atoms with Crippen molar-refractivity contribution in [2.75, 3.05) is 11.0 Å². The van der Waals surface area contributed by atoms with Gasteiger partial charge in [0, 0.05) is 22.8 Å². The third-order valence-corrected chi connectivity index (χ3v) is 4.63. The van der Waals surface area contributed by atoms with Gasteiger partial charge < -0.3 is 9.84 Å². The van der Waals surface area contributed by atoms with E-state index in [1.54, 1.807) is 18.2 Å². The van der Waals surface area contributed by atoms with Gasteiger partial charge in [0.2, 0.25) is 5.92 Å². The number of rotatable bonds is 6. The number of esters is 1. The Labute approximate surface area is 142 Å². The van der Waals surface area contributed by atoms with Crippen molar-refractivity contribution >= 4 is 28.6 Å². The third kappa shape index (κ3) is 4.54. The molecule has 0 saturated heterocycles. The number of hydrogen-bond acceptors (Lipinski definition) is 3. The first-order valence-electron chi connectivity index (χ1n) is 7.33. The fourth-order valence-electron chi connectivity index (χ4n) is 2.75. The Balaban J connectivity index is 2.05. The normalized spacial score (nSPS) is 20.0. The van der Waals surface area contributed by atoms with Crippen molar-refractivity contribution in [3.05, 3.63) is 29.3 Å². The molecule has 1 saturated carbocycles. The number of benzene rings is 1. The standard InChI is InChI=1S/C16H19F2IO3/c17-16(18)6-5-12(10-16)13-4-1-3-11(15(13)21)9-14(20)22-8-2-7-19/h1,3-4,12,21H,2,5-10H2/t12-/m0/s1. The van der Waals surface area contributed by atoms with E-state index in [-0.39, 0.29) is 30.9 Å². The van der Waals surface area contributed by atoms with E-state index < -0.39 is 11.9 Å². The molecule has 1 atom stereocenters. The van der Waals surface area contributed by atoms with Crippen molar-refractivity contribution in [1.29, 1.82) is 0 Å². The van der Waals surface area contributed by atoms with Crippen LogP contribution < -0.4 is 0 Å². The molecular weight excluding hydrogens is 405 g/mol. The van der Waals surface area contributed by atoms with Crippen molar-refractivity contribution in [3.63, 3.8) is 0 Å². The van der Waals surface area contributed by atoms with Crippen molar-refractivity contribution in [1.82, 2.24) is 0 Å². The fraction of sp³-hybridized carbons (Fsp3) is 0.562. The molecule has 1 fully saturated rings. The fourth-order valence-corrected chi connectivity index (χ4v) is 3.06. The minimum Gasteiger partial charge on any atom is -0.507 e. The molecule has 0 aliphatic heterocycles. The maximum atomic E-state index is 13.3. The van der Waals surface area contributed by atoms with Crippen molar-refractivity contribution in [2.45, 2.75) is 43.9 Å². The number of phenols is 1. The van der Waals surface area contributed by atoms with Crippen LogP contribution in [0.4, 0.5) is 8.78 Å². The molecular formula is C16H19F2IO3. The topological polar surface area (TPSA) is 46.5 Å². The summed E-state index contributed by atoms with van der Waals surface area (Å²) >= 11 is 2.20. The molecule has 1 aliphatic carbocycles. The number of ether oxygens (including phenoxy) is 1. The zero-order valence-electron chi connectivity index (χ0n) is 12.2. The summed E-state index contributed by atoms with van der Waals surface area (Å²) in [5.74, 6) is -3.47. The first-order valence-corrected chi connectivity index (χ1v) is 8.85. The van der Waals surface area contributed by atoms with E-state index in [1.165, 1.54) is 0 Å². The minimum absolute atomic E-state index is 0.0377. The molecule has 3 nitrogen and oxygen atoms in total. The quantitative estimate of drug-likeness (QED) is 0.322. The number of carbonyl (C=O) groups is 1. The molecule has 1 aromatic carbocycles. The second kappa shape index (κ2) is 7.57. The lowest BCUT2D eigenvalue weighted by Gasteiger charge is -2.15. The van der Waals surface area contributed by atoms with Gasteiger partial charge in [-0.05, 0) is 24.3 Å². The van der Waals surface area contributed by atoms with Gasteiger partial charge >= 0.3 is 5.97 Å². The van der Waals surface area contributed by atoms with E-state index in [0.717, 1.165) is 10.8 Å². The van der Waals surface area contributed by atoms with Crippen LogP contribution in [0.3, 0.4) is 0 Å². The van der Waals surface area contributed by atoms with Crippen LogP contribution in [0.1, 0.15) is 42.7 Å². The average Bonchev–Trinajstić information content (AvgIpc) is 2.81. The molecule has 0 amide bonds. The molecule has 6 heteroatoms. The maximum Gasteiger partial charge on any atom is 0.310 e. The SMILES string of the molecule is O=C(Cc1cccc([C@H]2CCC(F)(F)C2)c1O)OCCCI. The van der Waals surface area contributed by atoms with Gasteiger partial charge in [0.15, 0.2) is 0 Å². The van der Waals surface area contributed by atoms with E-state index in [1.807, 2.05) is 0 Å². The van der Waals surface area contributed by atoms with Crippen LogP contribution in [0.2, 0.25) is 0 Å². The molecule has 1 aromatic rings. The van der Waals surface area contributed by atoms with Crippen molar-refractivity contribution in [2.24, 2.45) is 0 Å². The van der Waals surface area contributed by atoms with Crippen LogP contribution >= 0.6 is 22.6 Å². The van der Waals surface area contributed by atoms with Crippen LogP contribution in [0, 0.1) is 0 Å². The Bertz CT molecular complexity index is 534. The second-order valence-corrected chi connectivity index (χ2v) is 6.67. The first-order chi connectivity index (χ1) is 10.4. The van der Waals surface area contributed by atoms with Crippen LogP contribution in [0.5, 0.6) is 5.75 Å². The second-order valence-electron chi connectivity index (χ2n) is 5.59. The zero-order valence-corrected chi connectivity index (χ0v) is 14.3. The summed E-state index contributed by atoms with van der Waals surface area (Å²) in [6.45, 7) is 0.358. The smallest absolute Gasteiger partial charge is 0.310 e. The van der Waals surface area contributed by atoms with Crippen LogP contribution in [-0.2, 0) is 16.0 Å². The lowest BCUT2D eigenvalue weighted by Crippen LogP contribution is -2.11. The number of phenolic OH excluding ortho intramolecular Hbond substituents is 1. The summed E-state index contributed by atoms with van der Waals surface area (Å²) in [6, 6.07) is 4.98. The first kappa shape index (κ1) is 17.4. The monoisotopic (exact) mass is 424 g/mol. The number of carbonyl (C=O) groups excluding carboxylic acids is 1. The van der Waals surface area contributed by atoms with Gasteiger partial charge in [0.25, 0.3) is 0 Å². The van der Waals surface area contributed by atoms with Crippen LogP contribution in [-0.4, -0.2) is 28.0 Å². The Morgan fingerprint density at radius 3 is 2.86 bits per heavy atom. The van der Waals surface area contributed by atoms with Gasteiger partial charge in [-0.25, -0.2) is 8.78 Å². The molecule has 0 radical (unpaired) electrons.